The van der Waals surface area contributed by atoms with Gasteiger partial charge in [0.05, 0.1) is 11.5 Å². The van der Waals surface area contributed by atoms with E-state index >= 15 is 0 Å². The van der Waals surface area contributed by atoms with Gasteiger partial charge < -0.3 is 14.2 Å². The molecule has 1 aromatic heterocycles. The third kappa shape index (κ3) is 4.88. The van der Waals surface area contributed by atoms with Gasteiger partial charge in [-0.15, -0.1) is 5.17 Å². The standard InChI is InChI=1S/C20H19N3O8S/c24-19(14-11-17-18(12-14)31-20(25)30-17)23(26)22-32(27,28)16-3-1-15(2-4-16)29-10-7-13-5-8-21-9-6-13/h1-6,8-9,11,17-18,22,26H,7,10,12H2. The van der Waals surface area contributed by atoms with Crippen molar-refractivity contribution in [3.8, 4) is 5.75 Å². The van der Waals surface area contributed by atoms with Crippen LogP contribution in [0.3, 0.4) is 0 Å². The maximum Gasteiger partial charge on any atom is 0.509 e. The van der Waals surface area contributed by atoms with Crippen LogP contribution in [0.15, 0.2) is 65.3 Å². The molecule has 1 saturated heterocycles. The Hall–Kier alpha value is -3.48. The number of rotatable bonds is 8. The van der Waals surface area contributed by atoms with Gasteiger partial charge in [-0.2, -0.15) is 0 Å². The van der Waals surface area contributed by atoms with Gasteiger partial charge in [0, 0.05) is 30.8 Å². The lowest BCUT2D eigenvalue weighted by Crippen LogP contribution is -2.44. The van der Waals surface area contributed by atoms with E-state index in [4.69, 9.17) is 14.2 Å². The van der Waals surface area contributed by atoms with Crippen LogP contribution in [0, 0.1) is 0 Å². The number of hydrogen-bond donors (Lipinski definition) is 2. The number of benzene rings is 1. The number of sulfonamides is 1. The third-order valence-corrected chi connectivity index (χ3v) is 6.16. The number of nitrogens with one attached hydrogen (secondary N) is 1. The number of pyridine rings is 1. The monoisotopic (exact) mass is 461 g/mol. The highest BCUT2D eigenvalue weighted by atomic mass is 32.2. The summed E-state index contributed by atoms with van der Waals surface area (Å²) in [6.07, 6.45) is 3.10. The number of hydrogen-bond acceptors (Lipinski definition) is 9. The van der Waals surface area contributed by atoms with Gasteiger partial charge in [0.2, 0.25) is 0 Å². The van der Waals surface area contributed by atoms with Gasteiger partial charge in [-0.3, -0.25) is 15.0 Å². The molecule has 32 heavy (non-hydrogen) atoms. The Morgan fingerprint density at radius 1 is 1.19 bits per heavy atom. The average molecular weight is 461 g/mol. The predicted molar refractivity (Wildman–Crippen MR) is 107 cm³/mol. The second kappa shape index (κ2) is 8.94. The lowest BCUT2D eigenvalue weighted by Gasteiger charge is -2.17. The van der Waals surface area contributed by atoms with Gasteiger partial charge in [-0.05, 0) is 48.0 Å². The molecule has 1 amide bonds. The Morgan fingerprint density at radius 3 is 2.59 bits per heavy atom. The number of hydroxylamine groups is 1. The maximum atomic E-state index is 12.5. The summed E-state index contributed by atoms with van der Waals surface area (Å²) in [5, 5.41) is 9.82. The van der Waals surface area contributed by atoms with Crippen molar-refractivity contribution < 1.29 is 37.4 Å². The van der Waals surface area contributed by atoms with E-state index in [1.165, 1.54) is 30.3 Å². The SMILES string of the molecule is O=C1OC2C=C(C(=O)N(O)NS(=O)(=O)c3ccc(OCCc4ccncc4)cc3)CC2O1. The molecule has 2 unspecified atom stereocenters. The minimum atomic E-state index is -4.24. The van der Waals surface area contributed by atoms with Crippen LogP contribution in [0.5, 0.6) is 5.75 Å². The topological polar surface area (TPSA) is 144 Å². The molecule has 2 atom stereocenters. The number of hydrazine groups is 1. The van der Waals surface area contributed by atoms with Crippen LogP contribution in [0.1, 0.15) is 12.0 Å². The molecule has 1 aromatic carbocycles. The molecule has 12 heteroatoms. The zero-order chi connectivity index (χ0) is 22.7. The molecule has 2 aliphatic rings. The number of amides is 1. The molecule has 1 aliphatic carbocycles. The summed E-state index contributed by atoms with van der Waals surface area (Å²) in [5.74, 6) is -0.536. The summed E-state index contributed by atoms with van der Waals surface area (Å²) in [7, 11) is -4.24. The van der Waals surface area contributed by atoms with E-state index in [2.05, 4.69) is 4.98 Å². The number of aromatic nitrogens is 1. The molecule has 0 spiro atoms. The van der Waals surface area contributed by atoms with Crippen molar-refractivity contribution >= 4 is 22.1 Å². The highest BCUT2D eigenvalue weighted by Gasteiger charge is 2.43. The van der Waals surface area contributed by atoms with E-state index in [1.807, 2.05) is 12.1 Å². The number of carbonyl (C=O) groups excluding carboxylic acids is 2. The fraction of sp³-hybridized carbons (Fsp3) is 0.250. The van der Waals surface area contributed by atoms with Crippen LogP contribution < -0.4 is 9.57 Å². The van der Waals surface area contributed by atoms with Gasteiger partial charge in [0.25, 0.3) is 15.9 Å². The molecule has 1 aliphatic heterocycles. The quantitative estimate of drug-likeness (QED) is 0.338. The first-order valence-electron chi connectivity index (χ1n) is 9.57. The zero-order valence-electron chi connectivity index (χ0n) is 16.6. The molecular formula is C20H19N3O8S. The first kappa shape index (κ1) is 21.7. The van der Waals surface area contributed by atoms with Crippen LogP contribution in [0.4, 0.5) is 4.79 Å². The molecule has 0 radical (unpaired) electrons. The molecule has 11 nitrogen and oxygen atoms in total. The summed E-state index contributed by atoms with van der Waals surface area (Å²) in [4.78, 5) is 28.9. The Kier molecular flexibility index (Phi) is 6.08. The first-order chi connectivity index (χ1) is 15.3. The van der Waals surface area contributed by atoms with Crippen LogP contribution in [0.25, 0.3) is 0 Å². The van der Waals surface area contributed by atoms with Gasteiger partial charge in [0.15, 0.2) is 12.2 Å². The number of fused-ring (bicyclic) bond motifs is 1. The summed E-state index contributed by atoms with van der Waals surface area (Å²) in [6.45, 7) is 0.392. The Labute approximate surface area is 183 Å². The van der Waals surface area contributed by atoms with Crippen LogP contribution in [-0.4, -0.2) is 54.7 Å². The lowest BCUT2D eigenvalue weighted by molar-refractivity contribution is -0.167. The van der Waals surface area contributed by atoms with Crippen molar-refractivity contribution in [2.45, 2.75) is 29.9 Å². The molecule has 0 saturated carbocycles. The largest absolute Gasteiger partial charge is 0.509 e. The molecule has 2 aromatic rings. The van der Waals surface area contributed by atoms with E-state index < -0.39 is 34.3 Å². The van der Waals surface area contributed by atoms with E-state index in [1.54, 1.807) is 17.2 Å². The van der Waals surface area contributed by atoms with Crippen molar-refractivity contribution in [2.24, 2.45) is 0 Å². The Balaban J connectivity index is 1.32. The molecule has 168 valence electrons. The zero-order valence-corrected chi connectivity index (χ0v) is 17.4. The highest BCUT2D eigenvalue weighted by Crippen LogP contribution is 2.30. The van der Waals surface area contributed by atoms with Crippen molar-refractivity contribution in [1.29, 1.82) is 0 Å². The minimum Gasteiger partial charge on any atom is -0.493 e. The van der Waals surface area contributed by atoms with Gasteiger partial charge in [0.1, 0.15) is 5.75 Å². The predicted octanol–water partition coefficient (Wildman–Crippen LogP) is 1.35. The number of ether oxygens (including phenoxy) is 3. The molecule has 4 rings (SSSR count). The number of nitrogens with zero attached hydrogens (tertiary/aromatic N) is 2. The highest BCUT2D eigenvalue weighted by molar-refractivity contribution is 7.89. The fourth-order valence-electron chi connectivity index (χ4n) is 3.24. The van der Waals surface area contributed by atoms with E-state index in [0.717, 1.165) is 5.56 Å². The van der Waals surface area contributed by atoms with Gasteiger partial charge >= 0.3 is 6.16 Å². The summed E-state index contributed by atoms with van der Waals surface area (Å²) in [6, 6.07) is 9.26. The van der Waals surface area contributed by atoms with E-state index in [9.17, 15) is 23.2 Å². The second-order valence-corrected chi connectivity index (χ2v) is 8.68. The van der Waals surface area contributed by atoms with Crippen LogP contribution in [0.2, 0.25) is 0 Å². The van der Waals surface area contributed by atoms with E-state index in [-0.39, 0.29) is 22.1 Å². The van der Waals surface area contributed by atoms with Crippen molar-refractivity contribution in [3.05, 3.63) is 66.0 Å². The molecule has 2 heterocycles. The van der Waals surface area contributed by atoms with Crippen molar-refractivity contribution in [3.63, 3.8) is 0 Å². The first-order valence-corrected chi connectivity index (χ1v) is 11.1. The smallest absolute Gasteiger partial charge is 0.493 e. The third-order valence-electron chi connectivity index (χ3n) is 4.85. The molecule has 0 bridgehead atoms. The fourth-order valence-corrected chi connectivity index (χ4v) is 4.15. The summed E-state index contributed by atoms with van der Waals surface area (Å²) in [5.41, 5.74) is 1.11. The number of carbonyl (C=O) groups is 2. The van der Waals surface area contributed by atoms with Crippen LogP contribution >= 0.6 is 0 Å². The van der Waals surface area contributed by atoms with Gasteiger partial charge in [-0.1, -0.05) is 4.83 Å². The second-order valence-electron chi connectivity index (χ2n) is 7.02. The molecule has 2 N–H and O–H groups in total. The lowest BCUT2D eigenvalue weighted by atomic mass is 10.2. The average Bonchev–Trinajstić information content (AvgIpc) is 3.31. The maximum absolute atomic E-state index is 12.5. The van der Waals surface area contributed by atoms with Gasteiger partial charge in [-0.25, -0.2) is 13.2 Å². The normalized spacial score (nSPS) is 19.5. The van der Waals surface area contributed by atoms with Crippen molar-refractivity contribution in [2.75, 3.05) is 6.61 Å². The molecule has 1 fully saturated rings. The Morgan fingerprint density at radius 2 is 1.91 bits per heavy atom. The molecular weight excluding hydrogens is 442 g/mol. The summed E-state index contributed by atoms with van der Waals surface area (Å²) < 4.78 is 40.3. The minimum absolute atomic E-state index is 0.000440. The van der Waals surface area contributed by atoms with Crippen molar-refractivity contribution in [1.82, 2.24) is 15.0 Å². The Bertz CT molecular complexity index is 1140. The van der Waals surface area contributed by atoms with Crippen LogP contribution in [-0.2, 0) is 30.7 Å². The van der Waals surface area contributed by atoms with E-state index in [0.29, 0.717) is 18.8 Å². The summed E-state index contributed by atoms with van der Waals surface area (Å²) >= 11 is 0.